The zero-order valence-electron chi connectivity index (χ0n) is 5.97. The highest BCUT2D eigenvalue weighted by atomic mass is 16.3. The van der Waals surface area contributed by atoms with Crippen molar-refractivity contribution in [3.8, 4) is 0 Å². The molecule has 1 N–H and O–H groups in total. The van der Waals surface area contributed by atoms with Gasteiger partial charge in [-0.25, -0.2) is 0 Å². The van der Waals surface area contributed by atoms with Gasteiger partial charge in [0.2, 0.25) is 0 Å². The van der Waals surface area contributed by atoms with Crippen molar-refractivity contribution in [2.45, 2.75) is 6.04 Å². The number of hydrogen-bond donors (Lipinski definition) is 1. The molecule has 0 bridgehead atoms. The number of aliphatic hydroxyl groups is 1. The fourth-order valence-electron chi connectivity index (χ4n) is 0.875. The van der Waals surface area contributed by atoms with Gasteiger partial charge >= 0.3 is 0 Å². The summed E-state index contributed by atoms with van der Waals surface area (Å²) in [4.78, 5) is 10.1. The first-order chi connectivity index (χ1) is 5.38. The molecular formula is C8H9NO2. The van der Waals surface area contributed by atoms with E-state index in [2.05, 4.69) is 5.18 Å². The van der Waals surface area contributed by atoms with Crippen molar-refractivity contribution in [1.29, 1.82) is 0 Å². The summed E-state index contributed by atoms with van der Waals surface area (Å²) < 4.78 is 0. The number of nitrogens with zero attached hydrogens (tertiary/aromatic N) is 1. The second-order valence-corrected chi connectivity index (χ2v) is 2.21. The molecule has 0 saturated heterocycles. The lowest BCUT2D eigenvalue weighted by molar-refractivity contribution is 0.268. The molecule has 0 aromatic heterocycles. The van der Waals surface area contributed by atoms with Crippen LogP contribution in [-0.2, 0) is 0 Å². The third kappa shape index (κ3) is 1.85. The minimum absolute atomic E-state index is 0.229. The molecule has 58 valence electrons. The summed E-state index contributed by atoms with van der Waals surface area (Å²) in [6.45, 7) is -0.229. The first-order valence-electron chi connectivity index (χ1n) is 3.36. The van der Waals surface area contributed by atoms with Gasteiger partial charge in [-0.3, -0.25) is 0 Å². The molecule has 0 spiro atoms. The number of hydrogen-bond acceptors (Lipinski definition) is 3. The lowest BCUT2D eigenvalue weighted by Crippen LogP contribution is -1.98. The highest BCUT2D eigenvalue weighted by Gasteiger charge is 2.07. The van der Waals surface area contributed by atoms with E-state index in [1.807, 2.05) is 18.2 Å². The quantitative estimate of drug-likeness (QED) is 0.665. The number of rotatable bonds is 3. The lowest BCUT2D eigenvalue weighted by Gasteiger charge is -2.03. The van der Waals surface area contributed by atoms with E-state index in [1.54, 1.807) is 12.1 Å². The highest BCUT2D eigenvalue weighted by Crippen LogP contribution is 2.14. The minimum Gasteiger partial charge on any atom is -0.394 e. The monoisotopic (exact) mass is 151 g/mol. The van der Waals surface area contributed by atoms with Crippen molar-refractivity contribution in [3.63, 3.8) is 0 Å². The van der Waals surface area contributed by atoms with Crippen LogP contribution in [0.3, 0.4) is 0 Å². The van der Waals surface area contributed by atoms with E-state index < -0.39 is 6.04 Å². The van der Waals surface area contributed by atoms with Crippen LogP contribution in [0, 0.1) is 4.91 Å². The Morgan fingerprint density at radius 2 is 2.00 bits per heavy atom. The smallest absolute Gasteiger partial charge is 0.140 e. The van der Waals surface area contributed by atoms with Gasteiger partial charge < -0.3 is 5.11 Å². The van der Waals surface area contributed by atoms with Crippen LogP contribution in [0.1, 0.15) is 11.6 Å². The van der Waals surface area contributed by atoms with E-state index in [-0.39, 0.29) is 6.61 Å². The maximum atomic E-state index is 10.1. The number of nitroso groups, excluding NO2 is 1. The normalized spacial score (nSPS) is 12.5. The highest BCUT2D eigenvalue weighted by molar-refractivity contribution is 5.18. The van der Waals surface area contributed by atoms with E-state index in [4.69, 9.17) is 5.11 Å². The summed E-state index contributed by atoms with van der Waals surface area (Å²) in [6.07, 6.45) is 0. The summed E-state index contributed by atoms with van der Waals surface area (Å²) in [6, 6.07) is 8.39. The molecule has 1 aromatic rings. The molecule has 1 rings (SSSR count). The van der Waals surface area contributed by atoms with E-state index in [9.17, 15) is 4.91 Å². The summed E-state index contributed by atoms with van der Waals surface area (Å²) in [5, 5.41) is 11.5. The van der Waals surface area contributed by atoms with E-state index in [0.29, 0.717) is 0 Å². The van der Waals surface area contributed by atoms with Gasteiger partial charge in [0.05, 0.1) is 6.61 Å². The molecule has 0 unspecified atom stereocenters. The molecule has 0 fully saturated rings. The molecule has 0 aliphatic rings. The van der Waals surface area contributed by atoms with Crippen molar-refractivity contribution >= 4 is 0 Å². The Kier molecular flexibility index (Phi) is 2.74. The Balaban J connectivity index is 2.82. The topological polar surface area (TPSA) is 49.7 Å². The Morgan fingerprint density at radius 1 is 1.36 bits per heavy atom. The van der Waals surface area contributed by atoms with Crippen molar-refractivity contribution in [2.24, 2.45) is 5.18 Å². The second kappa shape index (κ2) is 3.83. The predicted octanol–water partition coefficient (Wildman–Crippen LogP) is 1.49. The van der Waals surface area contributed by atoms with Crippen molar-refractivity contribution < 1.29 is 5.11 Å². The SMILES string of the molecule is O=N[C@@H](CO)c1ccccc1. The van der Waals surface area contributed by atoms with Gasteiger partial charge in [-0.05, 0) is 5.56 Å². The Bertz CT molecular complexity index is 223. The van der Waals surface area contributed by atoms with Crippen LogP contribution in [-0.4, -0.2) is 11.7 Å². The average Bonchev–Trinajstić information content (AvgIpc) is 2.09. The van der Waals surface area contributed by atoms with Gasteiger partial charge in [-0.2, -0.15) is 4.91 Å². The van der Waals surface area contributed by atoms with E-state index >= 15 is 0 Å². The standard InChI is InChI=1S/C8H9NO2/c10-6-8(9-11)7-4-2-1-3-5-7/h1-5,8,10H,6H2/t8-/m0/s1. The van der Waals surface area contributed by atoms with Crippen LogP contribution < -0.4 is 0 Å². The molecule has 0 aliphatic heterocycles. The lowest BCUT2D eigenvalue weighted by atomic mass is 10.1. The molecule has 1 aromatic carbocycles. The van der Waals surface area contributed by atoms with Gasteiger partial charge in [0.25, 0.3) is 0 Å². The van der Waals surface area contributed by atoms with Crippen molar-refractivity contribution in [2.75, 3.05) is 6.61 Å². The minimum atomic E-state index is -0.615. The predicted molar refractivity (Wildman–Crippen MR) is 42.1 cm³/mol. The van der Waals surface area contributed by atoms with Crippen molar-refractivity contribution in [3.05, 3.63) is 40.8 Å². The molecule has 0 heterocycles. The molecule has 0 amide bonds. The summed E-state index contributed by atoms with van der Waals surface area (Å²) in [5.41, 5.74) is 0.755. The van der Waals surface area contributed by atoms with Gasteiger partial charge in [-0.1, -0.05) is 35.5 Å². The molecule has 0 saturated carbocycles. The first-order valence-corrected chi connectivity index (χ1v) is 3.36. The molecule has 11 heavy (non-hydrogen) atoms. The largest absolute Gasteiger partial charge is 0.394 e. The maximum Gasteiger partial charge on any atom is 0.140 e. The zero-order chi connectivity index (χ0) is 8.10. The number of aliphatic hydroxyl groups excluding tert-OH is 1. The summed E-state index contributed by atoms with van der Waals surface area (Å²) in [5.74, 6) is 0. The molecular weight excluding hydrogens is 142 g/mol. The Labute approximate surface area is 64.7 Å². The van der Waals surface area contributed by atoms with Crippen LogP contribution in [0.15, 0.2) is 35.5 Å². The zero-order valence-corrected chi connectivity index (χ0v) is 5.97. The maximum absolute atomic E-state index is 10.1. The third-order valence-corrected chi connectivity index (χ3v) is 1.48. The summed E-state index contributed by atoms with van der Waals surface area (Å²) >= 11 is 0. The molecule has 0 aliphatic carbocycles. The van der Waals surface area contributed by atoms with Gasteiger partial charge in [-0.15, -0.1) is 0 Å². The van der Waals surface area contributed by atoms with Crippen molar-refractivity contribution in [1.82, 2.24) is 0 Å². The Hall–Kier alpha value is -1.22. The van der Waals surface area contributed by atoms with E-state index in [0.717, 1.165) is 5.56 Å². The molecule has 3 nitrogen and oxygen atoms in total. The Morgan fingerprint density at radius 3 is 2.45 bits per heavy atom. The van der Waals surface area contributed by atoms with Gasteiger partial charge in [0.1, 0.15) is 6.04 Å². The van der Waals surface area contributed by atoms with Crippen LogP contribution in [0.25, 0.3) is 0 Å². The molecule has 0 radical (unpaired) electrons. The van der Waals surface area contributed by atoms with Crippen LogP contribution in [0.2, 0.25) is 0 Å². The summed E-state index contributed by atoms with van der Waals surface area (Å²) in [7, 11) is 0. The third-order valence-electron chi connectivity index (χ3n) is 1.48. The first kappa shape index (κ1) is 7.88. The van der Waals surface area contributed by atoms with Crippen LogP contribution in [0.4, 0.5) is 0 Å². The number of benzene rings is 1. The fraction of sp³-hybridized carbons (Fsp3) is 0.250. The average molecular weight is 151 g/mol. The molecule has 1 atom stereocenters. The fourth-order valence-corrected chi connectivity index (χ4v) is 0.875. The van der Waals surface area contributed by atoms with Gasteiger partial charge in [0.15, 0.2) is 0 Å². The second-order valence-electron chi connectivity index (χ2n) is 2.21. The molecule has 3 heteroatoms. The van der Waals surface area contributed by atoms with Crippen LogP contribution >= 0.6 is 0 Å². The van der Waals surface area contributed by atoms with Crippen LogP contribution in [0.5, 0.6) is 0 Å². The van der Waals surface area contributed by atoms with Gasteiger partial charge in [0, 0.05) is 0 Å². The van der Waals surface area contributed by atoms with E-state index in [1.165, 1.54) is 0 Å².